The zero-order valence-electron chi connectivity index (χ0n) is 27.1. The Morgan fingerprint density at radius 1 is 0.787 bits per heavy atom. The summed E-state index contributed by atoms with van der Waals surface area (Å²) in [5.41, 5.74) is 20.2. The van der Waals surface area contributed by atoms with Crippen molar-refractivity contribution in [3.63, 3.8) is 0 Å². The standard InChI is InChI=1S/C8H14N2O5.C6H13NO2.C6H10O2.C5H7NO3.C3H7NO2/c1-4(7(12)13)15-8(14)5(9)2-3-6(10)11;1-4(2)3-5(7)6(8)9;7-6(8)5-3-1-2-4-5;7-4-2-1-3(6-4)5(8)9;1-2(4)3(5)6/h4-5H,2-3,9H2,1H3,(H2,10,11)(H,12,13);4-5H,3,7H2,1-2H3,(H,8,9);5H,1-4H2,(H,7,8);3H,1-2H2,(H,6,7)(H,8,9);2H,4H2,1H3,(H,5,6)/t4?,5-;5-;;3-;2-/m00.00/s1. The molecule has 2 amide bonds. The zero-order valence-corrected chi connectivity index (χ0v) is 27.1. The van der Waals surface area contributed by atoms with E-state index >= 15 is 0 Å². The van der Waals surface area contributed by atoms with Gasteiger partial charge >= 0.3 is 35.8 Å². The first-order valence-corrected chi connectivity index (χ1v) is 14.7. The molecule has 272 valence electrons. The number of carbonyl (C=O) groups is 8. The average molecular weight is 682 g/mol. The number of esters is 1. The molecule has 1 aliphatic heterocycles. The molecule has 19 nitrogen and oxygen atoms in total. The number of primary amides is 1. The number of nitrogens with two attached hydrogens (primary N) is 4. The van der Waals surface area contributed by atoms with Gasteiger partial charge in [0, 0.05) is 12.8 Å². The molecule has 2 fully saturated rings. The van der Waals surface area contributed by atoms with Crippen LogP contribution in [0.15, 0.2) is 0 Å². The average Bonchev–Trinajstić information content (AvgIpc) is 3.65. The van der Waals surface area contributed by atoms with E-state index < -0.39 is 72.0 Å². The number of nitrogens with one attached hydrogen (secondary N) is 1. The van der Waals surface area contributed by atoms with Crippen molar-refractivity contribution in [2.24, 2.45) is 34.8 Å². The molecule has 2 aliphatic rings. The van der Waals surface area contributed by atoms with Gasteiger partial charge in [-0.3, -0.25) is 28.8 Å². The normalized spacial score (nSPS) is 17.4. The van der Waals surface area contributed by atoms with Crippen LogP contribution in [0.25, 0.3) is 0 Å². The van der Waals surface area contributed by atoms with Gasteiger partial charge < -0.3 is 58.5 Å². The summed E-state index contributed by atoms with van der Waals surface area (Å²) in [6.45, 7) is 6.52. The highest BCUT2D eigenvalue weighted by Gasteiger charge is 2.26. The number of aliphatic carboxylic acids is 5. The number of rotatable bonds is 12. The second-order valence-electron chi connectivity index (χ2n) is 11.0. The van der Waals surface area contributed by atoms with Crippen molar-refractivity contribution >= 4 is 47.6 Å². The Morgan fingerprint density at radius 3 is 1.51 bits per heavy atom. The van der Waals surface area contributed by atoms with Crippen LogP contribution in [0.4, 0.5) is 0 Å². The van der Waals surface area contributed by atoms with Crippen molar-refractivity contribution in [2.45, 2.75) is 116 Å². The number of carboxylic acids is 5. The van der Waals surface area contributed by atoms with Crippen LogP contribution in [0.3, 0.4) is 0 Å². The number of hydrogen-bond donors (Lipinski definition) is 10. The van der Waals surface area contributed by atoms with Crippen molar-refractivity contribution in [3.8, 4) is 0 Å². The van der Waals surface area contributed by atoms with Crippen LogP contribution < -0.4 is 28.3 Å². The third kappa shape index (κ3) is 27.7. The van der Waals surface area contributed by atoms with E-state index in [1.807, 2.05) is 13.8 Å². The number of hydrogen-bond acceptors (Lipinski definition) is 12. The topological polar surface area (TPSA) is 363 Å². The van der Waals surface area contributed by atoms with Crippen LogP contribution in [-0.4, -0.2) is 103 Å². The molecule has 0 aromatic rings. The summed E-state index contributed by atoms with van der Waals surface area (Å²) in [7, 11) is 0. The minimum absolute atomic E-state index is 0.0185. The summed E-state index contributed by atoms with van der Waals surface area (Å²) in [5.74, 6) is -5.95. The van der Waals surface area contributed by atoms with E-state index in [0.29, 0.717) is 25.2 Å². The van der Waals surface area contributed by atoms with Gasteiger partial charge in [-0.15, -0.1) is 0 Å². The van der Waals surface area contributed by atoms with E-state index in [9.17, 15) is 38.4 Å². The molecule has 1 unspecified atom stereocenters. The van der Waals surface area contributed by atoms with Crippen molar-refractivity contribution in [3.05, 3.63) is 0 Å². The SMILES string of the molecule is CC(C)C[C@H](N)C(=O)O.CC(OC(=O)[C@@H](N)CCC(N)=O)C(=O)O.C[C@H](N)C(=O)O.O=C(O)C1CCCC1.O=C1CC[C@@H](C(=O)O)N1. The van der Waals surface area contributed by atoms with Gasteiger partial charge in [-0.2, -0.15) is 0 Å². The lowest BCUT2D eigenvalue weighted by atomic mass is 10.1. The van der Waals surface area contributed by atoms with Crippen LogP contribution in [0.2, 0.25) is 0 Å². The fourth-order valence-corrected chi connectivity index (χ4v) is 3.31. The highest BCUT2D eigenvalue weighted by atomic mass is 16.6. The van der Waals surface area contributed by atoms with Crippen molar-refractivity contribution in [1.29, 1.82) is 0 Å². The minimum Gasteiger partial charge on any atom is -0.481 e. The molecule has 0 spiro atoms. The predicted molar refractivity (Wildman–Crippen MR) is 164 cm³/mol. The Labute approximate surface area is 272 Å². The van der Waals surface area contributed by atoms with Crippen molar-refractivity contribution < 1.29 is 68.6 Å². The lowest BCUT2D eigenvalue weighted by Gasteiger charge is -2.13. The molecule has 47 heavy (non-hydrogen) atoms. The van der Waals surface area contributed by atoms with E-state index in [4.69, 9.17) is 48.5 Å². The molecule has 5 atom stereocenters. The molecular weight excluding hydrogens is 630 g/mol. The summed E-state index contributed by atoms with van der Waals surface area (Å²) >= 11 is 0. The van der Waals surface area contributed by atoms with Gasteiger partial charge in [-0.25, -0.2) is 9.59 Å². The van der Waals surface area contributed by atoms with E-state index in [0.717, 1.165) is 25.7 Å². The number of amides is 2. The molecule has 19 heteroatoms. The third-order valence-corrected chi connectivity index (χ3v) is 6.08. The first kappa shape index (κ1) is 47.1. The molecule has 0 bridgehead atoms. The quantitative estimate of drug-likeness (QED) is 0.111. The molecule has 0 radical (unpaired) electrons. The Morgan fingerprint density at radius 2 is 1.28 bits per heavy atom. The maximum atomic E-state index is 11.1. The summed E-state index contributed by atoms with van der Waals surface area (Å²) in [4.78, 5) is 82.2. The van der Waals surface area contributed by atoms with Crippen LogP contribution in [-0.2, 0) is 43.1 Å². The van der Waals surface area contributed by atoms with Crippen LogP contribution >= 0.6 is 0 Å². The smallest absolute Gasteiger partial charge is 0.344 e. The molecule has 1 saturated heterocycles. The molecule has 1 aliphatic carbocycles. The molecule has 0 aromatic heterocycles. The van der Waals surface area contributed by atoms with Crippen molar-refractivity contribution in [2.75, 3.05) is 0 Å². The maximum absolute atomic E-state index is 11.1. The molecule has 14 N–H and O–H groups in total. The van der Waals surface area contributed by atoms with E-state index in [-0.39, 0.29) is 24.7 Å². The van der Waals surface area contributed by atoms with Gasteiger partial charge in [0.05, 0.1) is 5.92 Å². The highest BCUT2D eigenvalue weighted by Crippen LogP contribution is 2.24. The second kappa shape index (κ2) is 25.8. The van der Waals surface area contributed by atoms with Gasteiger partial charge in [-0.05, 0) is 51.9 Å². The van der Waals surface area contributed by atoms with Gasteiger partial charge in [0.2, 0.25) is 11.8 Å². The number of carbonyl (C=O) groups excluding carboxylic acids is 3. The van der Waals surface area contributed by atoms with E-state index in [1.165, 1.54) is 13.8 Å². The Bertz CT molecular complexity index is 1030. The molecule has 1 heterocycles. The second-order valence-corrected chi connectivity index (χ2v) is 11.0. The predicted octanol–water partition coefficient (Wildman–Crippen LogP) is -0.931. The van der Waals surface area contributed by atoms with Gasteiger partial charge in [0.15, 0.2) is 6.10 Å². The summed E-state index contributed by atoms with van der Waals surface area (Å²) < 4.78 is 4.49. The summed E-state index contributed by atoms with van der Waals surface area (Å²) in [5, 5.41) is 43.7. The summed E-state index contributed by atoms with van der Waals surface area (Å²) in [6, 6.07) is -3.09. The van der Waals surface area contributed by atoms with Gasteiger partial charge in [-0.1, -0.05) is 26.7 Å². The molecule has 1 saturated carbocycles. The molecule has 0 aromatic carbocycles. The van der Waals surface area contributed by atoms with Crippen LogP contribution in [0, 0.1) is 11.8 Å². The largest absolute Gasteiger partial charge is 0.481 e. The lowest BCUT2D eigenvalue weighted by molar-refractivity contribution is -0.163. The lowest BCUT2D eigenvalue weighted by Crippen LogP contribution is -2.37. The third-order valence-electron chi connectivity index (χ3n) is 6.08. The molecule has 2 rings (SSSR count). The first-order valence-electron chi connectivity index (χ1n) is 14.7. The minimum atomic E-state index is -1.26. The Hall–Kier alpha value is -4.36. The fraction of sp³-hybridized carbons (Fsp3) is 0.714. The van der Waals surface area contributed by atoms with E-state index in [2.05, 4.69) is 10.1 Å². The maximum Gasteiger partial charge on any atom is 0.344 e. The van der Waals surface area contributed by atoms with Crippen molar-refractivity contribution in [1.82, 2.24) is 5.32 Å². The number of carboxylic acid groups (broad SMARTS) is 5. The Kier molecular flexibility index (Phi) is 25.8. The zero-order chi connectivity index (χ0) is 37.4. The summed E-state index contributed by atoms with van der Waals surface area (Å²) in [6.07, 6.45) is 4.08. The molecular formula is C28H51N5O14. The van der Waals surface area contributed by atoms with Crippen LogP contribution in [0.5, 0.6) is 0 Å². The fourth-order valence-electron chi connectivity index (χ4n) is 3.31. The van der Waals surface area contributed by atoms with Gasteiger partial charge in [0.25, 0.3) is 0 Å². The van der Waals surface area contributed by atoms with Gasteiger partial charge in [0.1, 0.15) is 24.2 Å². The van der Waals surface area contributed by atoms with E-state index in [1.54, 1.807) is 0 Å². The number of ether oxygens (including phenoxy) is 1. The Balaban J connectivity index is -0.000000533. The van der Waals surface area contributed by atoms with Crippen LogP contribution in [0.1, 0.15) is 85.5 Å². The monoisotopic (exact) mass is 681 g/mol. The highest BCUT2D eigenvalue weighted by molar-refractivity contribution is 5.87. The first-order chi connectivity index (χ1) is 21.5.